The lowest BCUT2D eigenvalue weighted by Gasteiger charge is -2.09. The molecule has 4 heteroatoms. The van der Waals surface area contributed by atoms with E-state index >= 15 is 0 Å². The van der Waals surface area contributed by atoms with Crippen LogP contribution in [0.5, 0.6) is 11.5 Å². The van der Waals surface area contributed by atoms with Gasteiger partial charge in [0.1, 0.15) is 0 Å². The molecule has 0 bridgehead atoms. The van der Waals surface area contributed by atoms with E-state index in [9.17, 15) is 0 Å². The second-order valence-electron chi connectivity index (χ2n) is 2.98. The van der Waals surface area contributed by atoms with Crippen LogP contribution in [0.2, 0.25) is 0 Å². The summed E-state index contributed by atoms with van der Waals surface area (Å²) in [6.45, 7) is 1.33. The molecule has 70 valence electrons. The van der Waals surface area contributed by atoms with Gasteiger partial charge in [-0.25, -0.2) is 0 Å². The van der Waals surface area contributed by atoms with E-state index in [4.69, 9.17) is 20.9 Å². The number of fused-ring (bicyclic) bond motifs is 1. The van der Waals surface area contributed by atoms with Crippen LogP contribution in [0.3, 0.4) is 0 Å². The molecule has 0 amide bonds. The number of benzene rings is 1. The molecule has 0 atom stereocenters. The van der Waals surface area contributed by atoms with Crippen LogP contribution in [0.4, 0.5) is 11.4 Å². The van der Waals surface area contributed by atoms with E-state index in [0.717, 1.165) is 6.42 Å². The number of hydrogen-bond acceptors (Lipinski definition) is 4. The van der Waals surface area contributed by atoms with Crippen molar-refractivity contribution < 1.29 is 9.47 Å². The zero-order chi connectivity index (χ0) is 9.26. The summed E-state index contributed by atoms with van der Waals surface area (Å²) in [6, 6.07) is 3.41. The second kappa shape index (κ2) is 3.05. The number of rotatable bonds is 0. The van der Waals surface area contributed by atoms with Gasteiger partial charge in [0.15, 0.2) is 11.5 Å². The average molecular weight is 180 g/mol. The topological polar surface area (TPSA) is 70.5 Å². The molecule has 4 nitrogen and oxygen atoms in total. The standard InChI is InChI=1S/C9H12N2O2/c10-6-4-8-9(5-7(6)11)13-3-1-2-12-8/h4-5H,1-3,10-11H2. The minimum absolute atomic E-state index is 0.532. The highest BCUT2D eigenvalue weighted by Crippen LogP contribution is 2.34. The molecule has 1 aromatic rings. The maximum absolute atomic E-state index is 5.63. The second-order valence-corrected chi connectivity index (χ2v) is 2.98. The molecule has 4 N–H and O–H groups in total. The summed E-state index contributed by atoms with van der Waals surface area (Å²) in [5.74, 6) is 1.37. The number of anilines is 2. The van der Waals surface area contributed by atoms with Crippen LogP contribution in [0.25, 0.3) is 0 Å². The fraction of sp³-hybridized carbons (Fsp3) is 0.333. The Kier molecular flexibility index (Phi) is 1.88. The summed E-state index contributed by atoms with van der Waals surface area (Å²) >= 11 is 0. The minimum atomic E-state index is 0.532. The molecule has 0 radical (unpaired) electrons. The number of nitrogen functional groups attached to an aromatic ring is 2. The highest BCUT2D eigenvalue weighted by atomic mass is 16.5. The van der Waals surface area contributed by atoms with Gasteiger partial charge in [0, 0.05) is 18.6 Å². The lowest BCUT2D eigenvalue weighted by Crippen LogP contribution is -1.97. The van der Waals surface area contributed by atoms with Gasteiger partial charge in [-0.1, -0.05) is 0 Å². The van der Waals surface area contributed by atoms with Crippen molar-refractivity contribution in [2.45, 2.75) is 6.42 Å². The first-order chi connectivity index (χ1) is 6.27. The van der Waals surface area contributed by atoms with E-state index < -0.39 is 0 Å². The third-order valence-electron chi connectivity index (χ3n) is 1.95. The van der Waals surface area contributed by atoms with Gasteiger partial charge in [-0.3, -0.25) is 0 Å². The molecule has 0 aromatic heterocycles. The summed E-state index contributed by atoms with van der Waals surface area (Å²) < 4.78 is 10.8. The Morgan fingerprint density at radius 3 is 1.85 bits per heavy atom. The van der Waals surface area contributed by atoms with Crippen molar-refractivity contribution in [3.05, 3.63) is 12.1 Å². The molecule has 1 heterocycles. The summed E-state index contributed by atoms with van der Waals surface area (Å²) in [5, 5.41) is 0. The first-order valence-corrected chi connectivity index (χ1v) is 4.22. The Balaban J connectivity index is 2.43. The molecule has 2 rings (SSSR count). The van der Waals surface area contributed by atoms with Crippen molar-refractivity contribution in [1.29, 1.82) is 0 Å². The van der Waals surface area contributed by atoms with Crippen LogP contribution in [0.15, 0.2) is 12.1 Å². The van der Waals surface area contributed by atoms with Crippen LogP contribution in [0.1, 0.15) is 6.42 Å². The molecule has 0 saturated heterocycles. The van der Waals surface area contributed by atoms with Crippen molar-refractivity contribution >= 4 is 11.4 Å². The number of ether oxygens (including phenoxy) is 2. The summed E-state index contributed by atoms with van der Waals surface area (Å²) in [5.41, 5.74) is 12.3. The quantitative estimate of drug-likeness (QED) is 0.584. The molecule has 13 heavy (non-hydrogen) atoms. The molecule has 0 saturated carbocycles. The Morgan fingerprint density at radius 2 is 1.38 bits per heavy atom. The van der Waals surface area contributed by atoms with Crippen molar-refractivity contribution in [3.63, 3.8) is 0 Å². The van der Waals surface area contributed by atoms with Gasteiger partial charge in [0.2, 0.25) is 0 Å². The van der Waals surface area contributed by atoms with Gasteiger partial charge in [0.25, 0.3) is 0 Å². The zero-order valence-corrected chi connectivity index (χ0v) is 7.25. The molecule has 0 fully saturated rings. The highest BCUT2D eigenvalue weighted by molar-refractivity contribution is 5.69. The van der Waals surface area contributed by atoms with E-state index in [1.165, 1.54) is 0 Å². The van der Waals surface area contributed by atoms with E-state index in [-0.39, 0.29) is 0 Å². The Labute approximate surface area is 76.4 Å². The molecule has 1 aliphatic heterocycles. The van der Waals surface area contributed by atoms with Crippen molar-refractivity contribution in [1.82, 2.24) is 0 Å². The summed E-state index contributed by atoms with van der Waals surface area (Å²) in [6.07, 6.45) is 0.883. The maximum Gasteiger partial charge on any atom is 0.163 e. The number of hydrogen-bond donors (Lipinski definition) is 2. The van der Waals surface area contributed by atoms with Gasteiger partial charge < -0.3 is 20.9 Å². The monoisotopic (exact) mass is 180 g/mol. The lowest BCUT2D eigenvalue weighted by molar-refractivity contribution is 0.297. The first-order valence-electron chi connectivity index (χ1n) is 4.22. The van der Waals surface area contributed by atoms with Gasteiger partial charge in [0.05, 0.1) is 24.6 Å². The molecule has 0 spiro atoms. The fourth-order valence-corrected chi connectivity index (χ4v) is 1.24. The van der Waals surface area contributed by atoms with Crippen LogP contribution >= 0.6 is 0 Å². The van der Waals surface area contributed by atoms with E-state index in [2.05, 4.69) is 0 Å². The van der Waals surface area contributed by atoms with Gasteiger partial charge in [-0.2, -0.15) is 0 Å². The predicted octanol–water partition coefficient (Wildman–Crippen LogP) is 1.01. The normalized spacial score (nSPS) is 15.1. The lowest BCUT2D eigenvalue weighted by atomic mass is 10.2. The molecule has 1 aromatic carbocycles. The molecule has 0 unspecified atom stereocenters. The van der Waals surface area contributed by atoms with Crippen LogP contribution < -0.4 is 20.9 Å². The van der Waals surface area contributed by atoms with Crippen LogP contribution in [-0.2, 0) is 0 Å². The smallest absolute Gasteiger partial charge is 0.163 e. The largest absolute Gasteiger partial charge is 0.489 e. The zero-order valence-electron chi connectivity index (χ0n) is 7.25. The summed E-state index contributed by atoms with van der Waals surface area (Å²) in [7, 11) is 0. The van der Waals surface area contributed by atoms with Crippen molar-refractivity contribution in [2.75, 3.05) is 24.7 Å². The molecule has 0 aliphatic carbocycles. The van der Waals surface area contributed by atoms with Crippen molar-refractivity contribution in [2.24, 2.45) is 0 Å². The van der Waals surface area contributed by atoms with Gasteiger partial charge in [-0.15, -0.1) is 0 Å². The first kappa shape index (κ1) is 8.04. The van der Waals surface area contributed by atoms with E-state index in [1.807, 2.05) is 0 Å². The highest BCUT2D eigenvalue weighted by Gasteiger charge is 2.11. The molecular formula is C9H12N2O2. The SMILES string of the molecule is Nc1cc2c(cc1N)OCCCO2. The Bertz CT molecular complexity index is 295. The Hall–Kier alpha value is -1.58. The summed E-state index contributed by atoms with van der Waals surface area (Å²) in [4.78, 5) is 0. The molecular weight excluding hydrogens is 168 g/mol. The minimum Gasteiger partial charge on any atom is -0.489 e. The third-order valence-corrected chi connectivity index (χ3v) is 1.95. The van der Waals surface area contributed by atoms with Gasteiger partial charge >= 0.3 is 0 Å². The predicted molar refractivity (Wildman–Crippen MR) is 50.9 cm³/mol. The van der Waals surface area contributed by atoms with Crippen LogP contribution in [0, 0.1) is 0 Å². The van der Waals surface area contributed by atoms with Gasteiger partial charge in [-0.05, 0) is 0 Å². The third kappa shape index (κ3) is 1.47. The fourth-order valence-electron chi connectivity index (χ4n) is 1.24. The average Bonchev–Trinajstić information content (AvgIpc) is 2.31. The van der Waals surface area contributed by atoms with E-state index in [0.29, 0.717) is 36.1 Å². The van der Waals surface area contributed by atoms with Crippen molar-refractivity contribution in [3.8, 4) is 11.5 Å². The number of nitrogens with two attached hydrogens (primary N) is 2. The van der Waals surface area contributed by atoms with Crippen LogP contribution in [-0.4, -0.2) is 13.2 Å². The van der Waals surface area contributed by atoms with E-state index in [1.54, 1.807) is 12.1 Å². The maximum atomic E-state index is 5.63. The molecule has 1 aliphatic rings. The Morgan fingerprint density at radius 1 is 0.923 bits per heavy atom.